The zero-order chi connectivity index (χ0) is 14.7. The average molecular weight is 362 g/mol. The van der Waals surface area contributed by atoms with Gasteiger partial charge in [-0.25, -0.2) is 4.79 Å². The third-order valence-electron chi connectivity index (χ3n) is 3.33. The summed E-state index contributed by atoms with van der Waals surface area (Å²) >= 11 is 5.02. The van der Waals surface area contributed by atoms with Gasteiger partial charge in [0, 0.05) is 24.3 Å². The number of rotatable bonds is 5. The number of carboxylic acid groups (broad SMARTS) is 1. The van der Waals surface area contributed by atoms with Crippen molar-refractivity contribution in [1.82, 2.24) is 4.90 Å². The van der Waals surface area contributed by atoms with Gasteiger partial charge in [-0.2, -0.15) is 0 Å². The number of nitrogens with zero attached hydrogens (tertiary/aromatic N) is 1. The Morgan fingerprint density at radius 1 is 1.45 bits per heavy atom. The van der Waals surface area contributed by atoms with Crippen LogP contribution in [0, 0.1) is 0 Å². The van der Waals surface area contributed by atoms with E-state index < -0.39 is 18.1 Å². The Kier molecular flexibility index (Phi) is 5.17. The smallest absolute Gasteiger partial charge is 0.326 e. The number of aliphatic hydroxyl groups is 1. The normalized spacial score (nSPS) is 22.2. The molecule has 7 heteroatoms. The molecule has 0 saturated carbocycles. The molecule has 2 heterocycles. The van der Waals surface area contributed by atoms with Crippen LogP contribution < -0.4 is 0 Å². The first-order chi connectivity index (χ1) is 9.47. The van der Waals surface area contributed by atoms with Crippen LogP contribution in [0.4, 0.5) is 0 Å². The Labute approximate surface area is 129 Å². The summed E-state index contributed by atoms with van der Waals surface area (Å²) in [5.74, 6) is -1.23. The molecule has 0 unspecified atom stereocenters. The van der Waals surface area contributed by atoms with Crippen LogP contribution in [-0.2, 0) is 16.0 Å². The van der Waals surface area contributed by atoms with Crippen molar-refractivity contribution < 1.29 is 19.8 Å². The fourth-order valence-corrected chi connectivity index (χ4v) is 3.89. The summed E-state index contributed by atoms with van der Waals surface area (Å²) in [5, 5.41) is 18.6. The molecule has 2 rings (SSSR count). The molecule has 110 valence electrons. The number of thiophene rings is 1. The second kappa shape index (κ2) is 6.69. The van der Waals surface area contributed by atoms with Crippen LogP contribution in [0.5, 0.6) is 0 Å². The van der Waals surface area contributed by atoms with Crippen molar-refractivity contribution in [3.05, 3.63) is 20.8 Å². The van der Waals surface area contributed by atoms with Crippen LogP contribution >= 0.6 is 27.3 Å². The van der Waals surface area contributed by atoms with Crippen molar-refractivity contribution in [2.45, 2.75) is 37.8 Å². The second-order valence-electron chi connectivity index (χ2n) is 4.85. The molecule has 1 fully saturated rings. The van der Waals surface area contributed by atoms with E-state index in [4.69, 9.17) is 5.11 Å². The van der Waals surface area contributed by atoms with E-state index in [2.05, 4.69) is 15.9 Å². The summed E-state index contributed by atoms with van der Waals surface area (Å²) in [6.45, 7) is 0.125. The molecule has 1 saturated heterocycles. The molecule has 2 N–H and O–H groups in total. The Bertz CT molecular complexity index is 504. The minimum absolute atomic E-state index is 0.124. The van der Waals surface area contributed by atoms with Crippen molar-refractivity contribution >= 4 is 39.1 Å². The number of aliphatic hydroxyl groups excluding tert-OH is 1. The van der Waals surface area contributed by atoms with E-state index in [0.29, 0.717) is 12.8 Å². The Morgan fingerprint density at radius 2 is 2.20 bits per heavy atom. The molecule has 1 amide bonds. The summed E-state index contributed by atoms with van der Waals surface area (Å²) in [7, 11) is 0. The van der Waals surface area contributed by atoms with Gasteiger partial charge in [0.25, 0.3) is 0 Å². The largest absolute Gasteiger partial charge is 0.480 e. The molecule has 2 atom stereocenters. The number of hydrogen-bond acceptors (Lipinski definition) is 4. The quantitative estimate of drug-likeness (QED) is 0.839. The zero-order valence-electron chi connectivity index (χ0n) is 10.8. The monoisotopic (exact) mass is 361 g/mol. The summed E-state index contributed by atoms with van der Waals surface area (Å²) in [4.78, 5) is 25.6. The molecule has 1 aliphatic rings. The number of carbonyl (C=O) groups is 2. The van der Waals surface area contributed by atoms with Crippen LogP contribution in [0.2, 0.25) is 0 Å². The van der Waals surface area contributed by atoms with E-state index in [1.165, 1.54) is 9.78 Å². The van der Waals surface area contributed by atoms with Crippen molar-refractivity contribution in [2.75, 3.05) is 6.54 Å². The van der Waals surface area contributed by atoms with E-state index in [-0.39, 0.29) is 18.9 Å². The number of aryl methyl sites for hydroxylation is 1. The predicted octanol–water partition coefficient (Wildman–Crippen LogP) is 1.88. The highest BCUT2D eigenvalue weighted by Crippen LogP contribution is 2.24. The lowest BCUT2D eigenvalue weighted by molar-refractivity contribution is -0.148. The number of β-amino-alcohol motifs (C(OH)–C–C–N with tert-alkyl or cyclic N) is 1. The Morgan fingerprint density at radius 3 is 2.80 bits per heavy atom. The maximum absolute atomic E-state index is 12.0. The number of likely N-dealkylation sites (tertiary alicyclic amines) is 1. The predicted molar refractivity (Wildman–Crippen MR) is 78.7 cm³/mol. The molecule has 1 aromatic heterocycles. The van der Waals surface area contributed by atoms with Gasteiger partial charge in [0.15, 0.2) is 0 Å². The first kappa shape index (κ1) is 15.5. The molecule has 1 aromatic rings. The number of carbonyl (C=O) groups excluding carboxylic acids is 1. The molecular formula is C13H16BrNO4S. The molecule has 0 aromatic carbocycles. The first-order valence-corrected chi connectivity index (χ1v) is 8.03. The van der Waals surface area contributed by atoms with Crippen molar-refractivity contribution in [3.63, 3.8) is 0 Å². The molecule has 0 spiro atoms. The van der Waals surface area contributed by atoms with Gasteiger partial charge in [-0.1, -0.05) is 0 Å². The lowest BCUT2D eigenvalue weighted by Gasteiger charge is -2.21. The van der Waals surface area contributed by atoms with E-state index in [1.807, 2.05) is 12.1 Å². The van der Waals surface area contributed by atoms with E-state index in [9.17, 15) is 14.7 Å². The van der Waals surface area contributed by atoms with Crippen LogP contribution in [0.3, 0.4) is 0 Å². The zero-order valence-corrected chi connectivity index (χ0v) is 13.2. The molecule has 20 heavy (non-hydrogen) atoms. The van der Waals surface area contributed by atoms with E-state index >= 15 is 0 Å². The number of amides is 1. The van der Waals surface area contributed by atoms with E-state index in [1.54, 1.807) is 11.3 Å². The van der Waals surface area contributed by atoms with Gasteiger partial charge in [0.2, 0.25) is 5.91 Å². The number of carboxylic acids is 1. The fraction of sp³-hybridized carbons (Fsp3) is 0.538. The van der Waals surface area contributed by atoms with Crippen LogP contribution in [0.15, 0.2) is 15.9 Å². The van der Waals surface area contributed by atoms with Gasteiger partial charge in [0.1, 0.15) is 6.04 Å². The molecule has 0 bridgehead atoms. The van der Waals surface area contributed by atoms with Crippen molar-refractivity contribution in [1.29, 1.82) is 0 Å². The van der Waals surface area contributed by atoms with Gasteiger partial charge < -0.3 is 15.1 Å². The molecular weight excluding hydrogens is 346 g/mol. The van der Waals surface area contributed by atoms with Crippen LogP contribution in [0.1, 0.15) is 24.1 Å². The maximum Gasteiger partial charge on any atom is 0.326 e. The van der Waals surface area contributed by atoms with Gasteiger partial charge >= 0.3 is 5.97 Å². The van der Waals surface area contributed by atoms with Gasteiger partial charge in [-0.05, 0) is 40.9 Å². The summed E-state index contributed by atoms with van der Waals surface area (Å²) in [6, 6.07) is 3.10. The SMILES string of the molecule is O=C(O)[C@@H]1C[C@@H](O)CN1C(=O)CCCc1ccc(Br)s1. The summed E-state index contributed by atoms with van der Waals surface area (Å²) in [6.07, 6.45) is 1.19. The Hall–Kier alpha value is -0.920. The third-order valence-corrected chi connectivity index (χ3v) is 5.01. The average Bonchev–Trinajstić information content (AvgIpc) is 2.95. The van der Waals surface area contributed by atoms with Crippen molar-refractivity contribution in [2.24, 2.45) is 0 Å². The summed E-state index contributed by atoms with van der Waals surface area (Å²) < 4.78 is 1.06. The highest BCUT2D eigenvalue weighted by Gasteiger charge is 2.38. The highest BCUT2D eigenvalue weighted by molar-refractivity contribution is 9.11. The Balaban J connectivity index is 1.83. The van der Waals surface area contributed by atoms with Gasteiger partial charge in [-0.15, -0.1) is 11.3 Å². The first-order valence-electron chi connectivity index (χ1n) is 6.42. The lowest BCUT2D eigenvalue weighted by atomic mass is 10.1. The standard InChI is InChI=1S/C13H16BrNO4S/c14-11-5-4-9(20-11)2-1-3-12(17)15-7-8(16)6-10(15)13(18)19/h4-5,8,10,16H,1-3,6-7H2,(H,18,19)/t8-,10+/m1/s1. The maximum atomic E-state index is 12.0. The molecule has 5 nitrogen and oxygen atoms in total. The van der Waals surface area contributed by atoms with Gasteiger partial charge in [-0.3, -0.25) is 4.79 Å². The topological polar surface area (TPSA) is 77.8 Å². The minimum Gasteiger partial charge on any atom is -0.480 e. The number of halogens is 1. The van der Waals surface area contributed by atoms with Gasteiger partial charge in [0.05, 0.1) is 9.89 Å². The number of aliphatic carboxylic acids is 1. The van der Waals surface area contributed by atoms with E-state index in [0.717, 1.165) is 10.2 Å². The molecule has 1 aliphatic heterocycles. The fourth-order valence-electron chi connectivity index (χ4n) is 2.37. The third kappa shape index (κ3) is 3.80. The lowest BCUT2D eigenvalue weighted by Crippen LogP contribution is -2.40. The van der Waals surface area contributed by atoms with Crippen molar-refractivity contribution in [3.8, 4) is 0 Å². The highest BCUT2D eigenvalue weighted by atomic mass is 79.9. The molecule has 0 radical (unpaired) electrons. The second-order valence-corrected chi connectivity index (χ2v) is 7.40. The minimum atomic E-state index is -1.04. The van der Waals surface area contributed by atoms with Crippen LogP contribution in [-0.4, -0.2) is 45.7 Å². The van der Waals surface area contributed by atoms with Crippen LogP contribution in [0.25, 0.3) is 0 Å². The molecule has 0 aliphatic carbocycles. The number of hydrogen-bond donors (Lipinski definition) is 2. The summed E-state index contributed by atoms with van der Waals surface area (Å²) in [5.41, 5.74) is 0.